The number of nitrogens with two attached hydrogens (primary N) is 1. The molecular weight excluding hydrogens is 665 g/mol. The van der Waals surface area contributed by atoms with Crippen LogP contribution in [0.3, 0.4) is 0 Å². The molecular formula is C38H37F3N4O6. The third-order valence-electron chi connectivity index (χ3n) is 9.03. The average Bonchev–Trinajstić information content (AvgIpc) is 3.22. The molecule has 13 heteroatoms. The fraction of sp³-hybridized carbons (Fsp3) is 0.289. The molecule has 0 bridgehead atoms. The van der Waals surface area contributed by atoms with Crippen LogP contribution in [-0.2, 0) is 43.0 Å². The number of carboxylic acid groups (broad SMARTS) is 1. The maximum Gasteiger partial charge on any atom is 0.416 e. The number of carbonyl (C=O) groups excluding carboxylic acids is 4. The van der Waals surface area contributed by atoms with Crippen molar-refractivity contribution in [3.05, 3.63) is 113 Å². The van der Waals surface area contributed by atoms with Gasteiger partial charge in [0.25, 0.3) is 5.91 Å². The van der Waals surface area contributed by atoms with E-state index in [1.165, 1.54) is 34.1 Å². The van der Waals surface area contributed by atoms with E-state index in [1.807, 2.05) is 42.5 Å². The van der Waals surface area contributed by atoms with E-state index >= 15 is 0 Å². The Balaban J connectivity index is 1.48. The van der Waals surface area contributed by atoms with Crippen molar-refractivity contribution in [3.8, 4) is 0 Å². The summed E-state index contributed by atoms with van der Waals surface area (Å²) in [6, 6.07) is 20.3. The number of fused-ring (bicyclic) bond motifs is 1. The summed E-state index contributed by atoms with van der Waals surface area (Å²) in [5.41, 5.74) is 6.50. The van der Waals surface area contributed by atoms with Crippen LogP contribution in [0.25, 0.3) is 10.8 Å². The summed E-state index contributed by atoms with van der Waals surface area (Å²) in [5, 5.41) is 13.2. The Kier molecular flexibility index (Phi) is 11.1. The molecule has 0 radical (unpaired) electrons. The van der Waals surface area contributed by atoms with Gasteiger partial charge in [-0.1, -0.05) is 66.7 Å². The van der Waals surface area contributed by atoms with E-state index in [2.05, 4.69) is 5.32 Å². The van der Waals surface area contributed by atoms with Crippen molar-refractivity contribution in [1.82, 2.24) is 9.80 Å². The largest absolute Gasteiger partial charge is 0.481 e. The molecule has 1 aliphatic heterocycles. The number of hydrogen-bond acceptors (Lipinski definition) is 5. The summed E-state index contributed by atoms with van der Waals surface area (Å²) in [6.45, 7) is 1.73. The van der Waals surface area contributed by atoms with Gasteiger partial charge >= 0.3 is 12.1 Å². The minimum absolute atomic E-state index is 0.0217. The van der Waals surface area contributed by atoms with Crippen LogP contribution in [0, 0.1) is 0 Å². The number of amides is 4. The van der Waals surface area contributed by atoms with Gasteiger partial charge in [-0.25, -0.2) is 0 Å². The summed E-state index contributed by atoms with van der Waals surface area (Å²) >= 11 is 0. The van der Waals surface area contributed by atoms with Gasteiger partial charge in [0, 0.05) is 31.1 Å². The Morgan fingerprint density at radius 2 is 1.63 bits per heavy atom. The lowest BCUT2D eigenvalue weighted by Crippen LogP contribution is -2.52. The smallest absolute Gasteiger partial charge is 0.416 e. The van der Waals surface area contributed by atoms with Gasteiger partial charge in [0.1, 0.15) is 12.1 Å². The van der Waals surface area contributed by atoms with Crippen LogP contribution in [-0.4, -0.2) is 63.1 Å². The van der Waals surface area contributed by atoms with Crippen LogP contribution in [0.2, 0.25) is 0 Å². The molecule has 10 nitrogen and oxygen atoms in total. The molecule has 51 heavy (non-hydrogen) atoms. The Morgan fingerprint density at radius 3 is 2.31 bits per heavy atom. The molecule has 0 saturated carbocycles. The van der Waals surface area contributed by atoms with Crippen molar-refractivity contribution in [1.29, 1.82) is 0 Å². The molecule has 3 unspecified atom stereocenters. The van der Waals surface area contributed by atoms with Crippen LogP contribution >= 0.6 is 0 Å². The molecule has 0 aliphatic carbocycles. The highest BCUT2D eigenvalue weighted by Crippen LogP contribution is 2.36. The number of nitrogens with one attached hydrogen (secondary N) is 1. The highest BCUT2D eigenvalue weighted by Gasteiger charge is 2.44. The second-order valence-electron chi connectivity index (χ2n) is 12.6. The molecule has 1 saturated heterocycles. The molecule has 4 N–H and O–H groups in total. The van der Waals surface area contributed by atoms with Gasteiger partial charge in [-0.05, 0) is 65.1 Å². The second kappa shape index (κ2) is 15.4. The number of rotatable bonds is 11. The van der Waals surface area contributed by atoms with Gasteiger partial charge in [-0.15, -0.1) is 0 Å². The lowest BCUT2D eigenvalue weighted by Gasteiger charge is -2.36. The Bertz CT molecular complexity index is 1940. The number of hydrogen-bond donors (Lipinski definition) is 3. The van der Waals surface area contributed by atoms with Gasteiger partial charge in [0.15, 0.2) is 0 Å². The predicted molar refractivity (Wildman–Crippen MR) is 183 cm³/mol. The first-order valence-electron chi connectivity index (χ1n) is 16.4. The molecule has 1 aliphatic rings. The second-order valence-corrected chi connectivity index (χ2v) is 12.6. The van der Waals surface area contributed by atoms with Crippen LogP contribution in [0.4, 0.5) is 18.9 Å². The number of nitrogens with zero attached hydrogens (tertiary/aromatic N) is 2. The molecule has 1 heterocycles. The molecule has 0 aromatic heterocycles. The number of benzene rings is 4. The molecule has 0 spiro atoms. The van der Waals surface area contributed by atoms with Gasteiger partial charge in [-0.2, -0.15) is 13.2 Å². The van der Waals surface area contributed by atoms with E-state index < -0.39 is 59.5 Å². The molecule has 3 atom stereocenters. The molecule has 5 rings (SSSR count). The number of aliphatic carboxylic acids is 1. The van der Waals surface area contributed by atoms with Gasteiger partial charge < -0.3 is 26.0 Å². The van der Waals surface area contributed by atoms with Crippen molar-refractivity contribution in [2.75, 3.05) is 11.9 Å². The van der Waals surface area contributed by atoms with Crippen LogP contribution in [0.15, 0.2) is 91.0 Å². The quantitative estimate of drug-likeness (QED) is 0.188. The van der Waals surface area contributed by atoms with Crippen molar-refractivity contribution in [2.24, 2.45) is 5.73 Å². The summed E-state index contributed by atoms with van der Waals surface area (Å²) < 4.78 is 41.7. The van der Waals surface area contributed by atoms with Crippen LogP contribution < -0.4 is 11.1 Å². The maximum atomic E-state index is 14.6. The van der Waals surface area contributed by atoms with E-state index in [-0.39, 0.29) is 44.2 Å². The Morgan fingerprint density at radius 1 is 0.941 bits per heavy atom. The fourth-order valence-electron chi connectivity index (χ4n) is 6.45. The molecule has 4 aromatic carbocycles. The molecule has 4 amide bonds. The Labute approximate surface area is 292 Å². The zero-order valence-electron chi connectivity index (χ0n) is 27.7. The lowest BCUT2D eigenvalue weighted by atomic mass is 9.96. The van der Waals surface area contributed by atoms with Gasteiger partial charge in [0.2, 0.25) is 17.7 Å². The normalized spacial score (nSPS) is 17.1. The number of anilines is 1. The topological polar surface area (TPSA) is 150 Å². The molecule has 4 aromatic rings. The van der Waals surface area contributed by atoms with Crippen molar-refractivity contribution in [2.45, 2.75) is 63.3 Å². The summed E-state index contributed by atoms with van der Waals surface area (Å²) in [4.78, 5) is 67.2. The fourth-order valence-corrected chi connectivity index (χ4v) is 6.45. The Hall–Kier alpha value is -5.72. The number of alkyl halides is 3. The zero-order chi connectivity index (χ0) is 36.9. The van der Waals surface area contributed by atoms with E-state index in [4.69, 9.17) is 10.8 Å². The number of halogens is 3. The van der Waals surface area contributed by atoms with Crippen molar-refractivity contribution >= 4 is 46.1 Å². The van der Waals surface area contributed by atoms with E-state index in [0.29, 0.717) is 11.3 Å². The third-order valence-corrected chi connectivity index (χ3v) is 9.03. The van der Waals surface area contributed by atoms with E-state index in [9.17, 15) is 37.1 Å². The van der Waals surface area contributed by atoms with Gasteiger partial charge in [0.05, 0.1) is 18.4 Å². The maximum absolute atomic E-state index is 14.6. The van der Waals surface area contributed by atoms with Crippen molar-refractivity contribution < 1.29 is 42.3 Å². The monoisotopic (exact) mass is 702 g/mol. The van der Waals surface area contributed by atoms with Crippen molar-refractivity contribution in [3.63, 3.8) is 0 Å². The standard InChI is InChI=1S/C38H37F3N4O6/c1-23-18-19-44(31(36(42)50)22-26-8-4-7-25-6-2-3-11-30(25)26)37(51)35(27-9-5-10-28(21-27)38(39,40)41)45(23)33(47)20-24-12-14-29(15-13-24)43-32(46)16-17-34(48)49/h2-15,21,23,31,35H,16-20,22H2,1H3,(H2,42,50)(H,43,46)(H,48,49). The SMILES string of the molecule is CC1CCN(C(Cc2cccc3ccccc23)C(N)=O)C(=O)C(c2cccc(C(F)(F)F)c2)N1C(=O)Cc1ccc(NC(=O)CCC(=O)O)cc1. The lowest BCUT2D eigenvalue weighted by molar-refractivity contribution is -0.148. The summed E-state index contributed by atoms with van der Waals surface area (Å²) in [6.07, 6.45) is -5.23. The minimum Gasteiger partial charge on any atom is -0.481 e. The van der Waals surface area contributed by atoms with E-state index in [0.717, 1.165) is 28.5 Å². The first-order chi connectivity index (χ1) is 24.2. The first kappa shape index (κ1) is 36.6. The third kappa shape index (κ3) is 8.72. The zero-order valence-corrected chi connectivity index (χ0v) is 27.7. The first-order valence-corrected chi connectivity index (χ1v) is 16.4. The number of primary amides is 1. The predicted octanol–water partition coefficient (Wildman–Crippen LogP) is 5.49. The highest BCUT2D eigenvalue weighted by atomic mass is 19.4. The van der Waals surface area contributed by atoms with Gasteiger partial charge in [-0.3, -0.25) is 24.0 Å². The summed E-state index contributed by atoms with van der Waals surface area (Å²) in [7, 11) is 0. The highest BCUT2D eigenvalue weighted by molar-refractivity contribution is 5.95. The van der Waals surface area contributed by atoms with Crippen LogP contribution in [0.5, 0.6) is 0 Å². The summed E-state index contributed by atoms with van der Waals surface area (Å²) in [5.74, 6) is -3.66. The van der Waals surface area contributed by atoms with Crippen LogP contribution in [0.1, 0.15) is 54.5 Å². The minimum atomic E-state index is -4.72. The number of carboxylic acids is 1. The number of carbonyl (C=O) groups is 5. The molecule has 1 fully saturated rings. The average molecular weight is 703 g/mol. The molecule has 266 valence electrons. The van der Waals surface area contributed by atoms with E-state index in [1.54, 1.807) is 19.1 Å².